The van der Waals surface area contributed by atoms with E-state index in [-0.39, 0.29) is 44.3 Å². The van der Waals surface area contributed by atoms with Crippen LogP contribution in [0.5, 0.6) is 0 Å². The molecule has 2 aromatic heterocycles. The molecule has 0 aliphatic heterocycles. The van der Waals surface area contributed by atoms with E-state index < -0.39 is 60.1 Å². The molecule has 0 radical (unpaired) electrons. The number of aromatic amines is 2. The van der Waals surface area contributed by atoms with E-state index in [2.05, 4.69) is 9.97 Å². The largest absolute Gasteiger partial charge is 0.353 e. The molecule has 5 aromatic rings. The molecular weight excluding hydrogens is 613 g/mol. The van der Waals surface area contributed by atoms with Crippen molar-refractivity contribution in [1.29, 1.82) is 0 Å². The molecule has 40 heavy (non-hydrogen) atoms. The van der Waals surface area contributed by atoms with Crippen LogP contribution in [0.2, 0.25) is 0 Å². The predicted molar refractivity (Wildman–Crippen MR) is 140 cm³/mol. The van der Waals surface area contributed by atoms with Gasteiger partial charge in [0.15, 0.2) is 0 Å². The van der Waals surface area contributed by atoms with Crippen molar-refractivity contribution in [1.82, 2.24) is 9.97 Å². The van der Waals surface area contributed by atoms with Gasteiger partial charge >= 0.3 is 0 Å². The standard InChI is InChI=1S/C22H16N2O12S4/c25-37(26,27)13-5-7-17-15(9-13)21(39(31,32)33)19(23-17)11-1-2-12(4-3-11)20-22(40(34,35)36)16-10-14(38(28,29)30)6-8-18(16)24-20/h1-10,23-24H,(H,25,26,27)(H,28,29,30)(H,31,32,33)(H,34,35,36). The fourth-order valence-corrected chi connectivity index (χ4v) is 7.12. The van der Waals surface area contributed by atoms with Crippen LogP contribution in [-0.2, 0) is 40.5 Å². The van der Waals surface area contributed by atoms with E-state index in [4.69, 9.17) is 0 Å². The Kier molecular flexibility index (Phi) is 6.24. The van der Waals surface area contributed by atoms with Gasteiger partial charge in [-0.05, 0) is 47.5 Å². The highest BCUT2D eigenvalue weighted by atomic mass is 32.2. The molecule has 0 unspecified atom stereocenters. The molecular formula is C22H16N2O12S4. The van der Waals surface area contributed by atoms with Crippen LogP contribution >= 0.6 is 0 Å². The summed E-state index contributed by atoms with van der Waals surface area (Å²) in [5.74, 6) is 0. The van der Waals surface area contributed by atoms with Crippen LogP contribution in [0.3, 0.4) is 0 Å². The first-order chi connectivity index (χ1) is 18.4. The summed E-state index contributed by atoms with van der Waals surface area (Å²) >= 11 is 0. The lowest BCUT2D eigenvalue weighted by Gasteiger charge is -2.06. The van der Waals surface area contributed by atoms with Crippen molar-refractivity contribution in [2.45, 2.75) is 19.6 Å². The normalized spacial score (nSPS) is 13.3. The van der Waals surface area contributed by atoms with Gasteiger partial charge in [-0.2, -0.15) is 33.7 Å². The van der Waals surface area contributed by atoms with Gasteiger partial charge in [-0.3, -0.25) is 18.2 Å². The Balaban J connectivity index is 1.70. The zero-order valence-corrected chi connectivity index (χ0v) is 22.7. The molecule has 2 heterocycles. The maximum Gasteiger partial charge on any atom is 0.297 e. The van der Waals surface area contributed by atoms with E-state index in [1.165, 1.54) is 36.4 Å². The predicted octanol–water partition coefficient (Wildman–Crippen LogP) is 2.97. The fourth-order valence-electron chi connectivity index (χ4n) is 4.36. The summed E-state index contributed by atoms with van der Waals surface area (Å²) in [6.45, 7) is 0. The minimum atomic E-state index is -4.94. The van der Waals surface area contributed by atoms with Gasteiger partial charge in [0.05, 0.1) is 21.2 Å². The van der Waals surface area contributed by atoms with Crippen LogP contribution < -0.4 is 0 Å². The summed E-state index contributed by atoms with van der Waals surface area (Å²) in [6, 6.07) is 11.5. The van der Waals surface area contributed by atoms with E-state index in [0.29, 0.717) is 0 Å². The second-order valence-electron chi connectivity index (χ2n) is 8.55. The van der Waals surface area contributed by atoms with Crippen LogP contribution in [0.25, 0.3) is 44.3 Å². The van der Waals surface area contributed by atoms with Gasteiger partial charge in [0, 0.05) is 21.8 Å². The number of aromatic nitrogens is 2. The van der Waals surface area contributed by atoms with Crippen molar-refractivity contribution < 1.29 is 51.9 Å². The molecule has 18 heteroatoms. The second-order valence-corrected chi connectivity index (χ2v) is 14.1. The highest BCUT2D eigenvalue weighted by Crippen LogP contribution is 2.38. The third kappa shape index (κ3) is 4.90. The SMILES string of the molecule is O=S(=O)(O)c1ccc2[nH]c(-c3ccc(-c4[nH]c5ccc(S(=O)(=O)O)cc5c4S(=O)(=O)O)cc3)c(S(=O)(=O)O)c2c1. The Bertz CT molecular complexity index is 2140. The van der Waals surface area contributed by atoms with Gasteiger partial charge in [0.25, 0.3) is 40.5 Å². The number of fused-ring (bicyclic) bond motifs is 2. The lowest BCUT2D eigenvalue weighted by atomic mass is 10.1. The zero-order valence-electron chi connectivity index (χ0n) is 19.5. The van der Waals surface area contributed by atoms with Crippen molar-refractivity contribution in [3.63, 3.8) is 0 Å². The van der Waals surface area contributed by atoms with Gasteiger partial charge in [0.2, 0.25) is 0 Å². The molecule has 0 aliphatic rings. The minimum Gasteiger partial charge on any atom is -0.353 e. The van der Waals surface area contributed by atoms with Crippen LogP contribution in [0, 0.1) is 0 Å². The van der Waals surface area contributed by atoms with E-state index in [1.807, 2.05) is 0 Å². The fraction of sp³-hybridized carbons (Fsp3) is 0. The summed E-state index contributed by atoms with van der Waals surface area (Å²) in [5, 5.41) is -0.453. The average molecular weight is 629 g/mol. The lowest BCUT2D eigenvalue weighted by Crippen LogP contribution is -2.01. The Morgan fingerprint density at radius 3 is 1.05 bits per heavy atom. The average Bonchev–Trinajstić information content (AvgIpc) is 3.41. The van der Waals surface area contributed by atoms with Crippen LogP contribution in [0.15, 0.2) is 80.2 Å². The molecule has 210 valence electrons. The quantitative estimate of drug-likeness (QED) is 0.149. The third-order valence-corrected chi connectivity index (χ3v) is 9.60. The van der Waals surface area contributed by atoms with Crippen LogP contribution in [0.4, 0.5) is 0 Å². The van der Waals surface area contributed by atoms with Crippen molar-refractivity contribution in [2.24, 2.45) is 0 Å². The maximum absolute atomic E-state index is 12.3. The summed E-state index contributed by atoms with van der Waals surface area (Å²) in [5.41, 5.74) is 0.219. The first-order valence-corrected chi connectivity index (χ1v) is 16.4. The van der Waals surface area contributed by atoms with E-state index >= 15 is 0 Å². The Morgan fingerprint density at radius 1 is 0.450 bits per heavy atom. The van der Waals surface area contributed by atoms with Crippen LogP contribution in [-0.4, -0.2) is 61.9 Å². The number of nitrogens with one attached hydrogen (secondary N) is 2. The summed E-state index contributed by atoms with van der Waals surface area (Å²) < 4.78 is 134. The first kappa shape index (κ1) is 27.9. The second kappa shape index (κ2) is 8.94. The molecule has 0 bridgehead atoms. The number of hydrogen-bond acceptors (Lipinski definition) is 8. The Morgan fingerprint density at radius 2 is 0.775 bits per heavy atom. The van der Waals surface area contributed by atoms with E-state index in [9.17, 15) is 51.9 Å². The third-order valence-electron chi connectivity index (χ3n) is 6.02. The van der Waals surface area contributed by atoms with Crippen molar-refractivity contribution in [2.75, 3.05) is 0 Å². The molecule has 0 saturated heterocycles. The number of benzene rings is 3. The minimum absolute atomic E-state index is 0.109. The summed E-state index contributed by atoms with van der Waals surface area (Å²) in [4.78, 5) is 2.95. The highest BCUT2D eigenvalue weighted by Gasteiger charge is 2.27. The number of hydrogen-bond donors (Lipinski definition) is 6. The molecule has 6 N–H and O–H groups in total. The molecule has 0 aliphatic carbocycles. The molecule has 3 aromatic carbocycles. The molecule has 0 amide bonds. The van der Waals surface area contributed by atoms with Gasteiger partial charge in [-0.1, -0.05) is 24.3 Å². The van der Waals surface area contributed by atoms with Crippen molar-refractivity contribution in [3.8, 4) is 22.5 Å². The van der Waals surface area contributed by atoms with Crippen molar-refractivity contribution >= 4 is 62.3 Å². The van der Waals surface area contributed by atoms with Gasteiger partial charge < -0.3 is 9.97 Å². The topological polar surface area (TPSA) is 249 Å². The molecule has 14 nitrogen and oxygen atoms in total. The van der Waals surface area contributed by atoms with E-state index in [0.717, 1.165) is 24.3 Å². The highest BCUT2D eigenvalue weighted by molar-refractivity contribution is 7.87. The summed E-state index contributed by atoms with van der Waals surface area (Å²) in [7, 11) is -19.3. The Labute approximate surface area is 226 Å². The zero-order chi connectivity index (χ0) is 29.4. The molecule has 0 spiro atoms. The maximum atomic E-state index is 12.3. The van der Waals surface area contributed by atoms with E-state index in [1.54, 1.807) is 0 Å². The molecule has 5 rings (SSSR count). The van der Waals surface area contributed by atoms with Gasteiger partial charge in [-0.15, -0.1) is 0 Å². The smallest absolute Gasteiger partial charge is 0.297 e. The monoisotopic (exact) mass is 628 g/mol. The Hall–Kier alpha value is -3.62. The lowest BCUT2D eigenvalue weighted by molar-refractivity contribution is 0.480. The molecule has 0 atom stereocenters. The molecule has 0 fully saturated rings. The summed E-state index contributed by atoms with van der Waals surface area (Å²) in [6.07, 6.45) is 0. The van der Waals surface area contributed by atoms with Gasteiger partial charge in [0.1, 0.15) is 9.79 Å². The number of H-pyrrole nitrogens is 2. The number of rotatable bonds is 6. The molecule has 0 saturated carbocycles. The van der Waals surface area contributed by atoms with Crippen LogP contribution in [0.1, 0.15) is 0 Å². The first-order valence-electron chi connectivity index (χ1n) is 10.7. The van der Waals surface area contributed by atoms with Crippen molar-refractivity contribution in [3.05, 3.63) is 60.7 Å². The van der Waals surface area contributed by atoms with Gasteiger partial charge in [-0.25, -0.2) is 0 Å².